The Morgan fingerprint density at radius 2 is 1.84 bits per heavy atom. The summed E-state index contributed by atoms with van der Waals surface area (Å²) >= 11 is 0. The third-order valence-electron chi connectivity index (χ3n) is 14.8. The molecule has 3 N–H and O–H groups in total. The van der Waals surface area contributed by atoms with Crippen molar-refractivity contribution in [1.82, 2.24) is 14.8 Å². The van der Waals surface area contributed by atoms with Crippen molar-refractivity contribution in [2.45, 2.75) is 87.6 Å². The third-order valence-corrected chi connectivity index (χ3v) is 14.8. The van der Waals surface area contributed by atoms with Crippen LogP contribution in [0.1, 0.15) is 68.8 Å². The Morgan fingerprint density at radius 1 is 1.05 bits per heavy atom. The number of aliphatic hydroxyl groups excluding tert-OH is 1. The first-order chi connectivity index (χ1) is 27.4. The number of nitrogens with zero attached hydrogens (tertiary/aromatic N) is 3. The quantitative estimate of drug-likeness (QED) is 0.224. The number of para-hydroxylation sites is 1. The largest absolute Gasteiger partial charge is 0.496 e. The summed E-state index contributed by atoms with van der Waals surface area (Å²) in [5.41, 5.74) is 0.771. The zero-order chi connectivity index (χ0) is 40.2. The number of esters is 2. The lowest BCUT2D eigenvalue weighted by atomic mass is 9.47. The topological polar surface area (TPSA) is 145 Å². The molecule has 1 saturated heterocycles. The summed E-state index contributed by atoms with van der Waals surface area (Å²) in [6.07, 6.45) is 7.52. The van der Waals surface area contributed by atoms with Crippen molar-refractivity contribution in [3.63, 3.8) is 0 Å². The molecule has 1 saturated carbocycles. The number of anilines is 1. The first-order valence-electron chi connectivity index (χ1n) is 20.4. The van der Waals surface area contributed by atoms with E-state index in [0.717, 1.165) is 52.9 Å². The predicted octanol–water partition coefficient (Wildman–Crippen LogP) is 4.14. The number of benzene rings is 2. The molecule has 1 aliphatic carbocycles. The first kappa shape index (κ1) is 38.1. The van der Waals surface area contributed by atoms with Crippen LogP contribution in [0.25, 0.3) is 10.9 Å². The predicted molar refractivity (Wildman–Crippen MR) is 214 cm³/mol. The zero-order valence-electron chi connectivity index (χ0n) is 33.8. The molecule has 1 spiro atoms. The van der Waals surface area contributed by atoms with Crippen molar-refractivity contribution in [2.75, 3.05) is 59.0 Å². The molecule has 0 amide bonds. The summed E-state index contributed by atoms with van der Waals surface area (Å²) in [6, 6.07) is 11.0. The third kappa shape index (κ3) is 4.84. The van der Waals surface area contributed by atoms with Crippen molar-refractivity contribution in [3.05, 3.63) is 82.6 Å². The standard InChI is InChI=1S/C45H54N4O8/c1-7-27-18-28-21-44(36(52)25-50,37-30(24-48(22-27)23-28)29-12-9-10-13-33(29)46-37)32-19-31-34(20-35(32)55-5)47(4)39-43(31)15-17-49-16-11-14-42(8-2,38(43)49)40(57-26(3)51)45(39,54)41(53)56-6/h9-14,18-20,28,38-40,46,50,54H,7-8,15-17,21-25H2,1-6H3/t28-,38-,39+,40+,42-,43+,44+,45-/m0/s1. The van der Waals surface area contributed by atoms with Crippen LogP contribution in [0.5, 0.6) is 5.75 Å². The highest BCUT2D eigenvalue weighted by molar-refractivity contribution is 5.99. The fourth-order valence-corrected chi connectivity index (χ4v) is 12.9. The van der Waals surface area contributed by atoms with Crippen LogP contribution in [0, 0.1) is 11.3 Å². The van der Waals surface area contributed by atoms with Gasteiger partial charge in [0.1, 0.15) is 17.8 Å². The van der Waals surface area contributed by atoms with Crippen LogP contribution in [-0.4, -0.2) is 121 Å². The molecule has 6 heterocycles. The van der Waals surface area contributed by atoms with Crippen molar-refractivity contribution >= 4 is 34.3 Å². The van der Waals surface area contributed by atoms with E-state index in [1.807, 2.05) is 43.1 Å². The molecule has 2 aromatic carbocycles. The van der Waals surface area contributed by atoms with Crippen LogP contribution in [0.2, 0.25) is 0 Å². The Hall–Kier alpha value is -4.49. The maximum Gasteiger partial charge on any atom is 0.344 e. The number of hydrogen-bond acceptors (Lipinski definition) is 11. The number of nitrogens with one attached hydrogen (secondary N) is 1. The van der Waals surface area contributed by atoms with Gasteiger partial charge in [0.05, 0.1) is 20.3 Å². The summed E-state index contributed by atoms with van der Waals surface area (Å²) < 4.78 is 17.9. The second-order valence-corrected chi connectivity index (χ2v) is 17.3. The molecular formula is C45H54N4O8. The van der Waals surface area contributed by atoms with Gasteiger partial charge in [-0.1, -0.05) is 55.8 Å². The molecule has 6 aliphatic rings. The van der Waals surface area contributed by atoms with Crippen LogP contribution in [0.3, 0.4) is 0 Å². The average molecular weight is 779 g/mol. The number of ketones is 1. The highest BCUT2D eigenvalue weighted by Crippen LogP contribution is 2.68. The minimum absolute atomic E-state index is 0.00270. The molecule has 57 heavy (non-hydrogen) atoms. The fraction of sp³-hybridized carbons (Fsp3) is 0.533. The second kappa shape index (κ2) is 13.3. The second-order valence-electron chi connectivity index (χ2n) is 17.3. The first-order valence-corrected chi connectivity index (χ1v) is 20.4. The molecule has 2 bridgehead atoms. The maximum atomic E-state index is 15.1. The van der Waals surface area contributed by atoms with Crippen LogP contribution in [0.15, 0.2) is 60.2 Å². The Morgan fingerprint density at radius 3 is 2.54 bits per heavy atom. The van der Waals surface area contributed by atoms with Crippen LogP contribution in [-0.2, 0) is 41.2 Å². The van der Waals surface area contributed by atoms with Crippen molar-refractivity contribution in [3.8, 4) is 5.75 Å². The van der Waals surface area contributed by atoms with E-state index in [-0.39, 0.29) is 17.7 Å². The monoisotopic (exact) mass is 778 g/mol. The smallest absolute Gasteiger partial charge is 0.344 e. The van der Waals surface area contributed by atoms with Gasteiger partial charge in [-0.25, -0.2) is 4.79 Å². The number of ether oxygens (including phenoxy) is 3. The SMILES string of the molecule is CCC1=C[C@@H]2CN(C1)Cc1c([nH]c3ccccc13)[C@@](C(=O)CO)(c1cc3c(cc1OC)N(C)[C@H]1[C@@](O)(C(=O)OC)[C@H](OC(C)=O)[C@@]4(CC)C=CCN5CC[C@]31[C@@H]54)C2. The van der Waals surface area contributed by atoms with Crippen molar-refractivity contribution in [2.24, 2.45) is 11.3 Å². The van der Waals surface area contributed by atoms with Gasteiger partial charge >= 0.3 is 11.9 Å². The number of carbonyl (C=O) groups is 3. The highest BCUT2D eigenvalue weighted by atomic mass is 16.6. The van der Waals surface area contributed by atoms with E-state index in [0.29, 0.717) is 50.2 Å². The number of Topliss-reactive ketones (excluding diaryl/α,β-unsaturated/α-hetero) is 1. The van der Waals surface area contributed by atoms with Crippen LogP contribution < -0.4 is 9.64 Å². The number of aromatic amines is 1. The Kier molecular flexibility index (Phi) is 8.86. The van der Waals surface area contributed by atoms with Gasteiger partial charge in [-0.05, 0) is 61.4 Å². The molecule has 302 valence electrons. The molecule has 2 fully saturated rings. The molecule has 12 heteroatoms. The Bertz CT molecular complexity index is 2250. The van der Waals surface area contributed by atoms with Crippen molar-refractivity contribution in [1.29, 1.82) is 0 Å². The molecule has 3 aromatic rings. The minimum Gasteiger partial charge on any atom is -0.496 e. The van der Waals surface area contributed by atoms with Gasteiger partial charge in [-0.2, -0.15) is 0 Å². The van der Waals surface area contributed by atoms with Gasteiger partial charge in [0.15, 0.2) is 11.9 Å². The normalized spacial score (nSPS) is 35.0. The summed E-state index contributed by atoms with van der Waals surface area (Å²) in [5.74, 6) is -1.34. The summed E-state index contributed by atoms with van der Waals surface area (Å²) in [7, 11) is 4.72. The van der Waals surface area contributed by atoms with E-state index in [4.69, 9.17) is 14.2 Å². The van der Waals surface area contributed by atoms with E-state index in [9.17, 15) is 19.8 Å². The lowest BCUT2D eigenvalue weighted by Gasteiger charge is -2.63. The number of aromatic nitrogens is 1. The molecule has 12 nitrogen and oxygen atoms in total. The Labute approximate surface area is 333 Å². The Balaban J connectivity index is 1.37. The number of carbonyl (C=O) groups excluding carboxylic acids is 3. The van der Waals surface area contributed by atoms with Gasteiger partial charge in [0, 0.05) is 90.9 Å². The van der Waals surface area contributed by atoms with Gasteiger partial charge in [-0.15, -0.1) is 0 Å². The molecule has 0 radical (unpaired) electrons. The molecule has 9 atom stereocenters. The lowest BCUT2D eigenvalue weighted by Crippen LogP contribution is -2.81. The van der Waals surface area contributed by atoms with Crippen LogP contribution >= 0.6 is 0 Å². The van der Waals surface area contributed by atoms with Gasteiger partial charge in [0.25, 0.3) is 0 Å². The number of aliphatic hydroxyl groups is 2. The summed E-state index contributed by atoms with van der Waals surface area (Å²) in [4.78, 5) is 53.0. The number of likely N-dealkylation sites (N-methyl/N-ethyl adjacent to an activating group) is 1. The lowest BCUT2D eigenvalue weighted by molar-refractivity contribution is -0.228. The number of H-pyrrole nitrogens is 1. The van der Waals surface area contributed by atoms with Gasteiger partial charge in [-0.3, -0.25) is 19.4 Å². The van der Waals surface area contributed by atoms with E-state index >= 15 is 4.79 Å². The van der Waals surface area contributed by atoms with Gasteiger partial charge < -0.3 is 34.3 Å². The molecule has 1 aromatic heterocycles. The van der Waals surface area contributed by atoms with Gasteiger partial charge in [0.2, 0.25) is 5.60 Å². The number of methoxy groups -OCH3 is 2. The summed E-state index contributed by atoms with van der Waals surface area (Å²) in [5, 5.41) is 25.4. The summed E-state index contributed by atoms with van der Waals surface area (Å²) in [6.45, 7) is 8.37. The molecule has 9 rings (SSSR count). The van der Waals surface area contributed by atoms with Crippen molar-refractivity contribution < 1.29 is 38.8 Å². The number of fused-ring (bicyclic) bond motifs is 6. The average Bonchev–Trinajstić information content (AvgIpc) is 3.87. The zero-order valence-corrected chi connectivity index (χ0v) is 33.8. The molecular weight excluding hydrogens is 725 g/mol. The highest BCUT2D eigenvalue weighted by Gasteiger charge is 2.80. The van der Waals surface area contributed by atoms with E-state index in [1.165, 1.54) is 19.6 Å². The molecule has 5 aliphatic heterocycles. The number of rotatable bonds is 8. The molecule has 1 unspecified atom stereocenters. The maximum absolute atomic E-state index is 15.1. The van der Waals surface area contributed by atoms with E-state index in [1.54, 1.807) is 7.11 Å². The van der Waals surface area contributed by atoms with E-state index < -0.39 is 52.5 Å². The minimum atomic E-state index is -2.29. The fourth-order valence-electron chi connectivity index (χ4n) is 12.9. The van der Waals surface area contributed by atoms with Crippen LogP contribution in [0.4, 0.5) is 5.69 Å². The van der Waals surface area contributed by atoms with E-state index in [2.05, 4.69) is 52.1 Å². The number of hydrogen-bond donors (Lipinski definition) is 3.